The Balaban J connectivity index is 1.21. The molecule has 4 aromatic rings. The first-order valence-electron chi connectivity index (χ1n) is 22.2. The van der Waals surface area contributed by atoms with Crippen LogP contribution in [-0.2, 0) is 30.3 Å². The Bertz CT molecular complexity index is 1780. The lowest BCUT2D eigenvalue weighted by molar-refractivity contribution is -0.187. The zero-order valence-electron chi connectivity index (χ0n) is 35.8. The molecule has 62 heavy (non-hydrogen) atoms. The molecule has 8 nitrogen and oxygen atoms in total. The van der Waals surface area contributed by atoms with Crippen LogP contribution in [0.4, 0.5) is 17.6 Å². The molecule has 0 spiro atoms. The molecule has 334 valence electrons. The van der Waals surface area contributed by atoms with Gasteiger partial charge in [-0.05, 0) is 147 Å². The van der Waals surface area contributed by atoms with Crippen molar-refractivity contribution in [2.45, 2.75) is 115 Å². The molecule has 2 saturated heterocycles. The summed E-state index contributed by atoms with van der Waals surface area (Å²) in [6, 6.07) is 22.4. The van der Waals surface area contributed by atoms with E-state index in [1.807, 2.05) is 23.6 Å². The van der Waals surface area contributed by atoms with Gasteiger partial charge in [-0.1, -0.05) is 75.2 Å². The molecule has 2 N–H and O–H groups in total. The van der Waals surface area contributed by atoms with Crippen LogP contribution in [0.2, 0.25) is 0 Å². The molecule has 12 heteroatoms. The molecule has 0 bridgehead atoms. The van der Waals surface area contributed by atoms with Crippen molar-refractivity contribution in [3.05, 3.63) is 143 Å². The highest BCUT2D eigenvalue weighted by molar-refractivity contribution is 6.29. The molecule has 0 aromatic heterocycles. The van der Waals surface area contributed by atoms with Gasteiger partial charge in [-0.3, -0.25) is 9.80 Å². The van der Waals surface area contributed by atoms with Crippen molar-refractivity contribution in [3.63, 3.8) is 0 Å². The molecule has 4 atom stereocenters. The van der Waals surface area contributed by atoms with Crippen molar-refractivity contribution >= 4 is 11.9 Å². The van der Waals surface area contributed by atoms with Gasteiger partial charge in [0.05, 0.1) is 0 Å². The van der Waals surface area contributed by atoms with E-state index in [4.69, 9.17) is 9.47 Å². The molecule has 2 heterocycles. The van der Waals surface area contributed by atoms with Gasteiger partial charge in [0, 0.05) is 26.2 Å². The molecule has 0 radical (unpaired) electrons. The Kier molecular flexibility index (Phi) is 16.4. The molecule has 2 aliphatic heterocycles. The molecular formula is C50H60F4N2O6. The number of rotatable bonds is 18. The van der Waals surface area contributed by atoms with Crippen molar-refractivity contribution in [1.29, 1.82) is 0 Å². The number of likely N-dealkylation sites (tertiary alicyclic amines) is 2. The molecule has 6 rings (SSSR count). The second-order valence-corrected chi connectivity index (χ2v) is 16.8. The Morgan fingerprint density at radius 1 is 0.484 bits per heavy atom. The fourth-order valence-electron chi connectivity index (χ4n) is 9.58. The predicted octanol–water partition coefficient (Wildman–Crippen LogP) is 9.74. The van der Waals surface area contributed by atoms with Crippen LogP contribution < -0.4 is 0 Å². The average molecular weight is 861 g/mol. The number of benzene rings is 4. The summed E-state index contributed by atoms with van der Waals surface area (Å²) in [6.45, 7) is 6.42. The Morgan fingerprint density at radius 3 is 0.984 bits per heavy atom. The van der Waals surface area contributed by atoms with Gasteiger partial charge in [0.1, 0.15) is 34.5 Å². The molecule has 4 unspecified atom stereocenters. The van der Waals surface area contributed by atoms with E-state index in [2.05, 4.69) is 0 Å². The Morgan fingerprint density at radius 2 is 0.742 bits per heavy atom. The van der Waals surface area contributed by atoms with Gasteiger partial charge in [-0.15, -0.1) is 0 Å². The van der Waals surface area contributed by atoms with Crippen LogP contribution in [0.1, 0.15) is 113 Å². The summed E-state index contributed by atoms with van der Waals surface area (Å²) in [4.78, 5) is 31.8. The average Bonchev–Trinajstić information content (AvgIpc) is 3.29. The lowest BCUT2D eigenvalue weighted by Crippen LogP contribution is -2.46. The van der Waals surface area contributed by atoms with Crippen molar-refractivity contribution in [3.8, 4) is 0 Å². The van der Waals surface area contributed by atoms with E-state index in [1.165, 1.54) is 97.1 Å². The van der Waals surface area contributed by atoms with E-state index < -0.39 is 70.7 Å². The molecule has 2 aliphatic rings. The quantitative estimate of drug-likeness (QED) is 0.0580. The molecule has 0 aliphatic carbocycles. The largest absolute Gasteiger partial charge is 0.438 e. The van der Waals surface area contributed by atoms with E-state index in [0.717, 1.165) is 38.5 Å². The molecule has 0 amide bonds. The van der Waals surface area contributed by atoms with Crippen LogP contribution in [-0.4, -0.2) is 70.6 Å². The maximum atomic E-state index is 14.1. The standard InChI is InChI=1S/C50H60F4N2O6/c1-3-35(49(59,37-11-21-41(51)22-12-37)38-13-23-42(52)24-14-38)19-29-45(55-31-7-5-8-32-55)61-47(57)48(58)62-46(56-33-9-6-10-34-56)30-20-36(4-2)50(60,39-15-25-43(53)26-16-39)40-17-27-44(54)28-18-40/h11-18,21-28,35-36,45-46,59-60H,3-10,19-20,29-34H2,1-2H3. The van der Waals surface area contributed by atoms with E-state index >= 15 is 0 Å². The van der Waals surface area contributed by atoms with Gasteiger partial charge < -0.3 is 19.7 Å². The van der Waals surface area contributed by atoms with Gasteiger partial charge in [0.25, 0.3) is 0 Å². The topological polar surface area (TPSA) is 99.5 Å². The molecule has 2 fully saturated rings. The van der Waals surface area contributed by atoms with Crippen LogP contribution >= 0.6 is 0 Å². The molecule has 0 saturated carbocycles. The van der Waals surface area contributed by atoms with E-state index in [-0.39, 0.29) is 12.8 Å². The highest BCUT2D eigenvalue weighted by Crippen LogP contribution is 2.43. The summed E-state index contributed by atoms with van der Waals surface area (Å²) in [6.07, 6.45) is 6.07. The third kappa shape index (κ3) is 11.1. The number of esters is 2. The van der Waals surface area contributed by atoms with Gasteiger partial charge in [0.2, 0.25) is 0 Å². The van der Waals surface area contributed by atoms with Gasteiger partial charge >= 0.3 is 11.9 Å². The van der Waals surface area contributed by atoms with Crippen molar-refractivity contribution in [2.75, 3.05) is 26.2 Å². The summed E-state index contributed by atoms with van der Waals surface area (Å²) >= 11 is 0. The van der Waals surface area contributed by atoms with Crippen LogP contribution in [0.3, 0.4) is 0 Å². The van der Waals surface area contributed by atoms with E-state index in [0.29, 0.717) is 74.1 Å². The first kappa shape index (κ1) is 46.9. The minimum absolute atomic E-state index is 0.265. The lowest BCUT2D eigenvalue weighted by Gasteiger charge is -2.40. The van der Waals surface area contributed by atoms with Crippen molar-refractivity contribution < 1.29 is 46.8 Å². The normalized spacial score (nSPS) is 17.5. The second kappa shape index (κ2) is 21.6. The third-order valence-corrected chi connectivity index (χ3v) is 13.1. The number of hydrogen-bond acceptors (Lipinski definition) is 8. The summed E-state index contributed by atoms with van der Waals surface area (Å²) in [5, 5.41) is 25.1. The van der Waals surface area contributed by atoms with Gasteiger partial charge in [-0.2, -0.15) is 0 Å². The smallest absolute Gasteiger partial charge is 0.419 e. The summed E-state index contributed by atoms with van der Waals surface area (Å²) < 4.78 is 68.4. The first-order chi connectivity index (χ1) is 29.9. The van der Waals surface area contributed by atoms with Crippen LogP contribution in [0.5, 0.6) is 0 Å². The minimum Gasteiger partial charge on any atom is -0.438 e. The monoisotopic (exact) mass is 860 g/mol. The zero-order valence-corrected chi connectivity index (χ0v) is 35.8. The number of carbonyl (C=O) groups excluding carboxylic acids is 2. The molecule has 4 aromatic carbocycles. The number of ether oxygens (including phenoxy) is 2. The highest BCUT2D eigenvalue weighted by atomic mass is 19.1. The van der Waals surface area contributed by atoms with Crippen LogP contribution in [0.15, 0.2) is 97.1 Å². The summed E-state index contributed by atoms with van der Waals surface area (Å²) in [5.74, 6) is -5.07. The fraction of sp³-hybridized carbons (Fsp3) is 0.480. The third-order valence-electron chi connectivity index (χ3n) is 13.1. The SMILES string of the molecule is CCC(CCC(OC(=O)C(=O)OC(CCC(CC)C(O)(c1ccc(F)cc1)c1ccc(F)cc1)N1CCCCC1)N1CCCCC1)C(O)(c1ccc(F)cc1)c1ccc(F)cc1. The number of hydrogen-bond donors (Lipinski definition) is 2. The van der Waals surface area contributed by atoms with Crippen molar-refractivity contribution in [1.82, 2.24) is 9.80 Å². The number of halogens is 4. The predicted molar refractivity (Wildman–Crippen MR) is 228 cm³/mol. The fourth-order valence-corrected chi connectivity index (χ4v) is 9.58. The summed E-state index contributed by atoms with van der Waals surface area (Å²) in [5.41, 5.74) is -1.51. The maximum Gasteiger partial charge on any atom is 0.419 e. The number of aliphatic hydroxyl groups is 2. The first-order valence-corrected chi connectivity index (χ1v) is 22.2. The van der Waals surface area contributed by atoms with E-state index in [9.17, 15) is 37.4 Å². The number of carbonyl (C=O) groups is 2. The van der Waals surface area contributed by atoms with Gasteiger partial charge in [0.15, 0.2) is 12.5 Å². The zero-order chi connectivity index (χ0) is 44.3. The Hall–Kier alpha value is -4.62. The van der Waals surface area contributed by atoms with Crippen LogP contribution in [0.25, 0.3) is 0 Å². The van der Waals surface area contributed by atoms with Crippen molar-refractivity contribution in [2.24, 2.45) is 11.8 Å². The maximum absolute atomic E-state index is 14.1. The van der Waals surface area contributed by atoms with Crippen LogP contribution in [0, 0.1) is 35.1 Å². The summed E-state index contributed by atoms with van der Waals surface area (Å²) in [7, 11) is 0. The lowest BCUT2D eigenvalue weighted by atomic mass is 9.73. The second-order valence-electron chi connectivity index (χ2n) is 16.8. The van der Waals surface area contributed by atoms with E-state index in [1.54, 1.807) is 0 Å². The highest BCUT2D eigenvalue weighted by Gasteiger charge is 2.42. The Labute approximate surface area is 362 Å². The molecular weight excluding hydrogens is 801 g/mol. The number of piperidine rings is 2. The van der Waals surface area contributed by atoms with Gasteiger partial charge in [-0.25, -0.2) is 27.2 Å². The number of nitrogens with zero attached hydrogens (tertiary/aromatic N) is 2. The minimum atomic E-state index is -1.64.